The third-order valence-corrected chi connectivity index (χ3v) is 5.89. The number of pyridine rings is 1. The van der Waals surface area contributed by atoms with E-state index >= 15 is 0 Å². The number of hydrogen-bond acceptors (Lipinski definition) is 5. The van der Waals surface area contributed by atoms with E-state index in [1.165, 1.54) is 0 Å². The molecule has 1 amide bonds. The standard InChI is InChI=1S/C24H16IN3O3/c25-19-7-3-1-5-16(19)13-26-28-24(29)18-12-21(27-20-8-4-2-6-17(18)20)15-9-10-22-23(11-15)31-14-30-22/h1-13H,14H2,(H,28,29)/b26-13-. The van der Waals surface area contributed by atoms with Crippen molar-refractivity contribution in [1.82, 2.24) is 10.4 Å². The van der Waals surface area contributed by atoms with Gasteiger partial charge in [-0.15, -0.1) is 0 Å². The Morgan fingerprint density at radius 1 is 1.00 bits per heavy atom. The molecule has 0 bridgehead atoms. The Morgan fingerprint density at radius 3 is 2.71 bits per heavy atom. The molecule has 0 saturated carbocycles. The fraction of sp³-hybridized carbons (Fsp3) is 0.0417. The number of ether oxygens (including phenoxy) is 2. The number of fused-ring (bicyclic) bond motifs is 2. The predicted octanol–water partition coefficient (Wildman–Crippen LogP) is 5.00. The largest absolute Gasteiger partial charge is 0.454 e. The maximum absolute atomic E-state index is 13.0. The van der Waals surface area contributed by atoms with Gasteiger partial charge >= 0.3 is 0 Å². The monoisotopic (exact) mass is 521 g/mol. The number of carbonyl (C=O) groups is 1. The molecule has 0 saturated heterocycles. The Bertz CT molecular complexity index is 1340. The third kappa shape index (κ3) is 3.96. The zero-order valence-corrected chi connectivity index (χ0v) is 18.4. The van der Waals surface area contributed by atoms with Crippen molar-refractivity contribution in [2.45, 2.75) is 0 Å². The summed E-state index contributed by atoms with van der Waals surface area (Å²) in [5.74, 6) is 1.07. The highest BCUT2D eigenvalue weighted by Gasteiger charge is 2.17. The number of amides is 1. The molecule has 1 aliphatic rings. The first-order valence-corrected chi connectivity index (χ1v) is 10.6. The first kappa shape index (κ1) is 19.5. The van der Waals surface area contributed by atoms with Crippen LogP contribution in [-0.2, 0) is 0 Å². The van der Waals surface area contributed by atoms with Gasteiger partial charge in [-0.3, -0.25) is 4.79 Å². The molecule has 7 heteroatoms. The molecule has 31 heavy (non-hydrogen) atoms. The van der Waals surface area contributed by atoms with Crippen LogP contribution in [0.2, 0.25) is 0 Å². The van der Waals surface area contributed by atoms with Gasteiger partial charge in [-0.25, -0.2) is 10.4 Å². The van der Waals surface area contributed by atoms with Gasteiger partial charge < -0.3 is 9.47 Å². The molecule has 0 atom stereocenters. The maximum Gasteiger partial charge on any atom is 0.272 e. The molecule has 0 fully saturated rings. The van der Waals surface area contributed by atoms with Crippen LogP contribution in [0.15, 0.2) is 77.9 Å². The highest BCUT2D eigenvalue weighted by Crippen LogP contribution is 2.36. The van der Waals surface area contributed by atoms with Gasteiger partial charge in [0.1, 0.15) is 0 Å². The summed E-state index contributed by atoms with van der Waals surface area (Å²) in [6.07, 6.45) is 1.64. The van der Waals surface area contributed by atoms with E-state index < -0.39 is 0 Å². The van der Waals surface area contributed by atoms with Crippen molar-refractivity contribution in [1.29, 1.82) is 0 Å². The number of nitrogens with zero attached hydrogens (tertiary/aromatic N) is 2. The van der Waals surface area contributed by atoms with Crippen molar-refractivity contribution in [2.24, 2.45) is 5.10 Å². The molecule has 0 aliphatic carbocycles. The lowest BCUT2D eigenvalue weighted by Gasteiger charge is -2.09. The first-order chi connectivity index (χ1) is 15.2. The van der Waals surface area contributed by atoms with Crippen LogP contribution in [0.1, 0.15) is 15.9 Å². The molecular formula is C24H16IN3O3. The Kier molecular flexibility index (Phi) is 5.25. The van der Waals surface area contributed by atoms with Crippen LogP contribution in [0.3, 0.4) is 0 Å². The van der Waals surface area contributed by atoms with Crippen LogP contribution in [-0.4, -0.2) is 23.9 Å². The molecule has 152 valence electrons. The van der Waals surface area contributed by atoms with Crippen molar-refractivity contribution in [3.05, 3.63) is 87.5 Å². The summed E-state index contributed by atoms with van der Waals surface area (Å²) in [7, 11) is 0. The molecule has 3 aromatic carbocycles. The highest BCUT2D eigenvalue weighted by atomic mass is 127. The second-order valence-corrected chi connectivity index (χ2v) is 8.02. The number of para-hydroxylation sites is 1. The fourth-order valence-corrected chi connectivity index (χ4v) is 3.89. The van der Waals surface area contributed by atoms with E-state index in [-0.39, 0.29) is 12.7 Å². The van der Waals surface area contributed by atoms with Crippen molar-refractivity contribution in [2.75, 3.05) is 6.79 Å². The van der Waals surface area contributed by atoms with Gasteiger partial charge in [0, 0.05) is 20.1 Å². The SMILES string of the molecule is O=C(N/N=C\c1ccccc1I)c1cc(-c2ccc3c(c2)OCO3)nc2ccccc12. The molecule has 2 heterocycles. The summed E-state index contributed by atoms with van der Waals surface area (Å²) in [6.45, 7) is 0.204. The predicted molar refractivity (Wildman–Crippen MR) is 128 cm³/mol. The Balaban J connectivity index is 1.50. The summed E-state index contributed by atoms with van der Waals surface area (Å²) in [5.41, 5.74) is 6.31. The van der Waals surface area contributed by atoms with E-state index in [0.29, 0.717) is 22.8 Å². The molecule has 4 aromatic rings. The van der Waals surface area contributed by atoms with Crippen LogP contribution in [0, 0.1) is 3.57 Å². The van der Waals surface area contributed by atoms with Crippen LogP contribution in [0.4, 0.5) is 0 Å². The summed E-state index contributed by atoms with van der Waals surface area (Å²) < 4.78 is 11.9. The zero-order chi connectivity index (χ0) is 21.2. The lowest BCUT2D eigenvalue weighted by molar-refractivity contribution is 0.0956. The van der Waals surface area contributed by atoms with E-state index in [2.05, 4.69) is 33.1 Å². The molecule has 1 aliphatic heterocycles. The minimum absolute atomic E-state index is 0.204. The summed E-state index contributed by atoms with van der Waals surface area (Å²) in [6, 6.07) is 22.8. The van der Waals surface area contributed by atoms with Crippen molar-refractivity contribution in [3.8, 4) is 22.8 Å². The molecular weight excluding hydrogens is 505 g/mol. The average molecular weight is 521 g/mol. The van der Waals surface area contributed by atoms with Gasteiger partial charge in [0.2, 0.25) is 6.79 Å². The van der Waals surface area contributed by atoms with Crippen LogP contribution < -0.4 is 14.9 Å². The van der Waals surface area contributed by atoms with Crippen LogP contribution in [0.25, 0.3) is 22.2 Å². The van der Waals surface area contributed by atoms with Gasteiger partial charge in [0.25, 0.3) is 5.91 Å². The maximum atomic E-state index is 13.0. The van der Waals surface area contributed by atoms with E-state index in [9.17, 15) is 4.79 Å². The van der Waals surface area contributed by atoms with Crippen LogP contribution in [0.5, 0.6) is 11.5 Å². The minimum Gasteiger partial charge on any atom is -0.454 e. The van der Waals surface area contributed by atoms with Crippen molar-refractivity contribution in [3.63, 3.8) is 0 Å². The fourth-order valence-electron chi connectivity index (χ4n) is 3.37. The topological polar surface area (TPSA) is 72.8 Å². The van der Waals surface area contributed by atoms with Crippen molar-refractivity contribution < 1.29 is 14.3 Å². The van der Waals surface area contributed by atoms with Gasteiger partial charge in [0.05, 0.1) is 23.0 Å². The lowest BCUT2D eigenvalue weighted by atomic mass is 10.0. The molecule has 5 rings (SSSR count). The molecule has 6 nitrogen and oxygen atoms in total. The van der Waals surface area contributed by atoms with Gasteiger partial charge in [-0.2, -0.15) is 5.10 Å². The molecule has 0 unspecified atom stereocenters. The third-order valence-electron chi connectivity index (χ3n) is 4.90. The van der Waals surface area contributed by atoms with E-state index in [4.69, 9.17) is 14.5 Å². The normalized spacial score (nSPS) is 12.4. The number of hydrazone groups is 1. The van der Waals surface area contributed by atoms with E-state index in [1.807, 2.05) is 66.7 Å². The summed E-state index contributed by atoms with van der Waals surface area (Å²) >= 11 is 2.23. The second-order valence-electron chi connectivity index (χ2n) is 6.86. The Morgan fingerprint density at radius 2 is 1.81 bits per heavy atom. The first-order valence-electron chi connectivity index (χ1n) is 9.57. The average Bonchev–Trinajstić information content (AvgIpc) is 3.27. The number of hydrogen-bond donors (Lipinski definition) is 1. The van der Waals surface area contributed by atoms with E-state index in [1.54, 1.807) is 12.3 Å². The Labute approximate surface area is 192 Å². The highest BCUT2D eigenvalue weighted by molar-refractivity contribution is 14.1. The zero-order valence-electron chi connectivity index (χ0n) is 16.2. The number of carbonyl (C=O) groups excluding carboxylic acids is 1. The molecule has 1 N–H and O–H groups in total. The summed E-state index contributed by atoms with van der Waals surface area (Å²) in [4.78, 5) is 17.7. The van der Waals surface area contributed by atoms with Gasteiger partial charge in [0.15, 0.2) is 11.5 Å². The van der Waals surface area contributed by atoms with Gasteiger partial charge in [-0.1, -0.05) is 36.4 Å². The minimum atomic E-state index is -0.303. The molecule has 1 aromatic heterocycles. The number of nitrogens with one attached hydrogen (secondary N) is 1. The van der Waals surface area contributed by atoms with E-state index in [0.717, 1.165) is 25.6 Å². The molecule has 0 spiro atoms. The number of aromatic nitrogens is 1. The lowest BCUT2D eigenvalue weighted by Crippen LogP contribution is -2.18. The second kappa shape index (κ2) is 8.35. The number of halogens is 1. The molecule has 0 radical (unpaired) electrons. The van der Waals surface area contributed by atoms with Crippen LogP contribution >= 0.6 is 22.6 Å². The summed E-state index contributed by atoms with van der Waals surface area (Å²) in [5, 5.41) is 4.91. The quantitative estimate of drug-likeness (QED) is 0.233. The number of benzene rings is 3. The Hall–Kier alpha value is -3.46. The smallest absolute Gasteiger partial charge is 0.272 e. The number of rotatable bonds is 4. The van der Waals surface area contributed by atoms with Crippen molar-refractivity contribution >= 4 is 45.6 Å². The van der Waals surface area contributed by atoms with Gasteiger partial charge in [-0.05, 0) is 59.0 Å².